The lowest BCUT2D eigenvalue weighted by Gasteiger charge is -2.33. The van der Waals surface area contributed by atoms with Gasteiger partial charge in [0.25, 0.3) is 0 Å². The molecule has 2 bridgehead atoms. The summed E-state index contributed by atoms with van der Waals surface area (Å²) in [6.45, 7) is 2.19. The minimum atomic E-state index is -0.769. The Morgan fingerprint density at radius 3 is 2.30 bits per heavy atom. The molecule has 20 heavy (non-hydrogen) atoms. The van der Waals surface area contributed by atoms with E-state index in [4.69, 9.17) is 0 Å². The van der Waals surface area contributed by atoms with Gasteiger partial charge in [0.2, 0.25) is 5.91 Å². The van der Waals surface area contributed by atoms with E-state index in [1.165, 1.54) is 19.3 Å². The van der Waals surface area contributed by atoms with Crippen LogP contribution in [-0.4, -0.2) is 23.0 Å². The van der Waals surface area contributed by atoms with Crippen LogP contribution in [0.3, 0.4) is 0 Å². The molecule has 4 heteroatoms. The Labute approximate surface area is 120 Å². The number of nitrogens with one attached hydrogen (secondary N) is 1. The number of fused-ring (bicyclic) bond motifs is 2. The molecule has 3 saturated carbocycles. The first kappa shape index (κ1) is 13.9. The van der Waals surface area contributed by atoms with E-state index in [0.29, 0.717) is 11.8 Å². The van der Waals surface area contributed by atoms with E-state index in [2.05, 4.69) is 12.2 Å². The second kappa shape index (κ2) is 5.38. The van der Waals surface area contributed by atoms with Crippen molar-refractivity contribution in [3.8, 4) is 0 Å². The minimum absolute atomic E-state index is 0.0170. The van der Waals surface area contributed by atoms with Gasteiger partial charge in [-0.2, -0.15) is 0 Å². The molecule has 0 aliphatic heterocycles. The lowest BCUT2D eigenvalue weighted by Crippen LogP contribution is -2.47. The molecule has 3 aliphatic carbocycles. The summed E-state index contributed by atoms with van der Waals surface area (Å²) >= 11 is 0. The number of carboxylic acid groups (broad SMARTS) is 1. The summed E-state index contributed by atoms with van der Waals surface area (Å²) in [4.78, 5) is 24.1. The normalized spacial score (nSPS) is 43.5. The van der Waals surface area contributed by atoms with Crippen LogP contribution < -0.4 is 5.32 Å². The molecule has 0 aromatic rings. The second-order valence-corrected chi connectivity index (χ2v) is 7.10. The third-order valence-corrected chi connectivity index (χ3v) is 5.94. The molecule has 3 fully saturated rings. The molecule has 1 amide bonds. The van der Waals surface area contributed by atoms with Gasteiger partial charge >= 0.3 is 5.97 Å². The third kappa shape index (κ3) is 2.33. The third-order valence-electron chi connectivity index (χ3n) is 5.94. The van der Waals surface area contributed by atoms with Gasteiger partial charge in [0, 0.05) is 6.04 Å². The molecule has 0 aromatic heterocycles. The summed E-state index contributed by atoms with van der Waals surface area (Å²) in [5, 5.41) is 12.6. The molecule has 0 spiro atoms. The Hall–Kier alpha value is -1.06. The highest BCUT2D eigenvalue weighted by molar-refractivity contribution is 5.86. The van der Waals surface area contributed by atoms with Gasteiger partial charge in [-0.25, -0.2) is 0 Å². The van der Waals surface area contributed by atoms with E-state index in [9.17, 15) is 14.7 Å². The number of carbonyl (C=O) groups is 2. The van der Waals surface area contributed by atoms with Crippen molar-refractivity contribution in [3.63, 3.8) is 0 Å². The van der Waals surface area contributed by atoms with E-state index in [1.807, 2.05) is 0 Å². The van der Waals surface area contributed by atoms with Crippen LogP contribution in [0, 0.1) is 29.6 Å². The highest BCUT2D eigenvalue weighted by atomic mass is 16.4. The van der Waals surface area contributed by atoms with E-state index in [-0.39, 0.29) is 23.8 Å². The van der Waals surface area contributed by atoms with Gasteiger partial charge in [0.1, 0.15) is 0 Å². The van der Waals surface area contributed by atoms with E-state index in [1.54, 1.807) is 0 Å². The van der Waals surface area contributed by atoms with Gasteiger partial charge in [0.15, 0.2) is 0 Å². The molecule has 6 atom stereocenters. The molecule has 0 heterocycles. The molecule has 4 nitrogen and oxygen atoms in total. The molecule has 2 N–H and O–H groups in total. The van der Waals surface area contributed by atoms with E-state index >= 15 is 0 Å². The molecule has 0 radical (unpaired) electrons. The number of amides is 1. The van der Waals surface area contributed by atoms with Gasteiger partial charge in [-0.05, 0) is 49.9 Å². The highest BCUT2D eigenvalue weighted by Crippen LogP contribution is 2.52. The molecular weight excluding hydrogens is 254 g/mol. The van der Waals surface area contributed by atoms with Crippen LogP contribution in [0.1, 0.15) is 51.9 Å². The Morgan fingerprint density at radius 1 is 1.00 bits per heavy atom. The zero-order chi connectivity index (χ0) is 14.3. The standard InChI is InChI=1S/C16H25NO3/c1-9-4-2-3-5-12(9)17-15(18)13-10-6-7-11(8-10)14(13)16(19)20/h9-14H,2-8H2,1H3,(H,17,18)(H,19,20). The van der Waals surface area contributed by atoms with Gasteiger partial charge in [-0.15, -0.1) is 0 Å². The van der Waals surface area contributed by atoms with Gasteiger partial charge < -0.3 is 10.4 Å². The number of rotatable bonds is 3. The molecular formula is C16H25NO3. The zero-order valence-electron chi connectivity index (χ0n) is 12.2. The highest BCUT2D eigenvalue weighted by Gasteiger charge is 2.54. The van der Waals surface area contributed by atoms with Crippen molar-refractivity contribution in [2.24, 2.45) is 29.6 Å². The van der Waals surface area contributed by atoms with Crippen LogP contribution in [0.15, 0.2) is 0 Å². The van der Waals surface area contributed by atoms with Crippen molar-refractivity contribution in [1.29, 1.82) is 0 Å². The Kier molecular flexibility index (Phi) is 3.74. The monoisotopic (exact) mass is 279 g/mol. The maximum atomic E-state index is 12.6. The average molecular weight is 279 g/mol. The number of hydrogen-bond donors (Lipinski definition) is 2. The smallest absolute Gasteiger partial charge is 0.307 e. The molecule has 3 rings (SSSR count). The van der Waals surface area contributed by atoms with Gasteiger partial charge in [0.05, 0.1) is 11.8 Å². The lowest BCUT2D eigenvalue weighted by molar-refractivity contribution is -0.149. The van der Waals surface area contributed by atoms with Crippen molar-refractivity contribution in [1.82, 2.24) is 5.32 Å². The molecule has 112 valence electrons. The number of carbonyl (C=O) groups excluding carboxylic acids is 1. The predicted molar refractivity (Wildman–Crippen MR) is 75.0 cm³/mol. The van der Waals surface area contributed by atoms with Crippen LogP contribution >= 0.6 is 0 Å². The predicted octanol–water partition coefficient (Wildman–Crippen LogP) is 2.43. The summed E-state index contributed by atoms with van der Waals surface area (Å²) < 4.78 is 0. The maximum Gasteiger partial charge on any atom is 0.307 e. The van der Waals surface area contributed by atoms with Crippen molar-refractivity contribution < 1.29 is 14.7 Å². The van der Waals surface area contributed by atoms with Crippen LogP contribution in [0.25, 0.3) is 0 Å². The van der Waals surface area contributed by atoms with Crippen LogP contribution in [0.5, 0.6) is 0 Å². The fraction of sp³-hybridized carbons (Fsp3) is 0.875. The fourth-order valence-electron chi connectivity index (χ4n) is 4.83. The Bertz CT molecular complexity index is 409. The van der Waals surface area contributed by atoms with Gasteiger partial charge in [-0.3, -0.25) is 9.59 Å². The number of aliphatic carboxylic acids is 1. The van der Waals surface area contributed by atoms with E-state index < -0.39 is 11.9 Å². The molecule has 0 aromatic carbocycles. The average Bonchev–Trinajstić information content (AvgIpc) is 3.01. The first-order valence-corrected chi connectivity index (χ1v) is 8.11. The summed E-state index contributed by atoms with van der Waals surface area (Å²) in [7, 11) is 0. The summed E-state index contributed by atoms with van der Waals surface area (Å²) in [6.07, 6.45) is 7.61. The van der Waals surface area contributed by atoms with Crippen molar-refractivity contribution in [3.05, 3.63) is 0 Å². The topological polar surface area (TPSA) is 66.4 Å². The number of carboxylic acids is 1. The summed E-state index contributed by atoms with van der Waals surface area (Å²) in [5.41, 5.74) is 0. The number of hydrogen-bond acceptors (Lipinski definition) is 2. The first-order chi connectivity index (χ1) is 9.58. The Balaban J connectivity index is 1.68. The van der Waals surface area contributed by atoms with Crippen LogP contribution in [0.2, 0.25) is 0 Å². The zero-order valence-corrected chi connectivity index (χ0v) is 12.2. The van der Waals surface area contributed by atoms with Crippen LogP contribution in [-0.2, 0) is 9.59 Å². The fourth-order valence-corrected chi connectivity index (χ4v) is 4.83. The summed E-state index contributed by atoms with van der Waals surface area (Å²) in [5.74, 6) is -0.406. The minimum Gasteiger partial charge on any atom is -0.481 e. The Morgan fingerprint density at radius 2 is 1.65 bits per heavy atom. The SMILES string of the molecule is CC1CCCCC1NC(=O)C1C2CCC(C2)C1C(=O)O. The molecule has 6 unspecified atom stereocenters. The summed E-state index contributed by atoms with van der Waals surface area (Å²) in [6, 6.07) is 0.254. The van der Waals surface area contributed by atoms with E-state index in [0.717, 1.165) is 25.7 Å². The molecule has 0 saturated heterocycles. The molecule has 3 aliphatic rings. The van der Waals surface area contributed by atoms with Gasteiger partial charge in [-0.1, -0.05) is 19.8 Å². The van der Waals surface area contributed by atoms with Crippen molar-refractivity contribution in [2.75, 3.05) is 0 Å². The maximum absolute atomic E-state index is 12.6. The first-order valence-electron chi connectivity index (χ1n) is 8.11. The van der Waals surface area contributed by atoms with Crippen molar-refractivity contribution in [2.45, 2.75) is 57.9 Å². The quantitative estimate of drug-likeness (QED) is 0.834. The largest absolute Gasteiger partial charge is 0.481 e. The second-order valence-electron chi connectivity index (χ2n) is 7.10. The van der Waals surface area contributed by atoms with Crippen molar-refractivity contribution >= 4 is 11.9 Å². The van der Waals surface area contributed by atoms with Crippen LogP contribution in [0.4, 0.5) is 0 Å². The lowest BCUT2D eigenvalue weighted by atomic mass is 9.78.